The lowest BCUT2D eigenvalue weighted by atomic mass is 10.1. The zero-order valence-electron chi connectivity index (χ0n) is 12.1. The molecule has 1 atom stereocenters. The van der Waals surface area contributed by atoms with Gasteiger partial charge >= 0.3 is 0 Å². The molecule has 0 amide bonds. The van der Waals surface area contributed by atoms with Gasteiger partial charge in [-0.15, -0.1) is 0 Å². The van der Waals surface area contributed by atoms with Gasteiger partial charge in [-0.25, -0.2) is 13.1 Å². The van der Waals surface area contributed by atoms with Crippen LogP contribution in [0, 0.1) is 5.92 Å². The fourth-order valence-corrected chi connectivity index (χ4v) is 4.19. The van der Waals surface area contributed by atoms with E-state index < -0.39 is 10.0 Å². The molecule has 1 saturated heterocycles. The van der Waals surface area contributed by atoms with Crippen LogP contribution in [-0.2, 0) is 10.0 Å². The van der Waals surface area contributed by atoms with Gasteiger partial charge in [0.1, 0.15) is 4.90 Å². The molecule has 5 nitrogen and oxygen atoms in total. The molecule has 3 N–H and O–H groups in total. The molecule has 0 bridgehead atoms. The summed E-state index contributed by atoms with van der Waals surface area (Å²) in [5.41, 5.74) is 0.705. The summed E-state index contributed by atoms with van der Waals surface area (Å²) in [7, 11) is -3.40. The second-order valence-electron chi connectivity index (χ2n) is 5.97. The van der Waals surface area contributed by atoms with E-state index in [1.54, 1.807) is 12.1 Å². The van der Waals surface area contributed by atoms with Crippen LogP contribution in [-0.4, -0.2) is 34.1 Å². The highest BCUT2D eigenvalue weighted by Gasteiger charge is 2.29. The summed E-state index contributed by atoms with van der Waals surface area (Å²) in [6, 6.07) is 7.29. The van der Waals surface area contributed by atoms with Crippen molar-refractivity contribution in [2.75, 3.05) is 25.0 Å². The molecule has 3 rings (SSSR count). The van der Waals surface area contributed by atoms with Crippen LogP contribution >= 0.6 is 0 Å². The van der Waals surface area contributed by atoms with Gasteiger partial charge in [0.05, 0.1) is 5.69 Å². The summed E-state index contributed by atoms with van der Waals surface area (Å²) in [6.45, 7) is 2.98. The molecule has 2 aliphatic rings. The fraction of sp³-hybridized carbons (Fsp3) is 0.600. The lowest BCUT2D eigenvalue weighted by Crippen LogP contribution is -2.26. The Kier molecular flexibility index (Phi) is 4.47. The molecule has 1 heterocycles. The van der Waals surface area contributed by atoms with Gasteiger partial charge in [-0.3, -0.25) is 0 Å². The number of sulfonamides is 1. The van der Waals surface area contributed by atoms with Crippen LogP contribution in [0.1, 0.15) is 25.7 Å². The van der Waals surface area contributed by atoms with E-state index in [0.717, 1.165) is 38.9 Å². The van der Waals surface area contributed by atoms with Crippen LogP contribution in [0.5, 0.6) is 0 Å². The van der Waals surface area contributed by atoms with Crippen molar-refractivity contribution >= 4 is 15.7 Å². The highest BCUT2D eigenvalue weighted by Crippen LogP contribution is 2.26. The van der Waals surface area contributed by atoms with Crippen LogP contribution in [0.3, 0.4) is 0 Å². The third kappa shape index (κ3) is 3.96. The van der Waals surface area contributed by atoms with Crippen LogP contribution in [0.25, 0.3) is 0 Å². The van der Waals surface area contributed by atoms with Gasteiger partial charge in [0, 0.05) is 12.6 Å². The molecule has 1 aromatic carbocycles. The third-order valence-corrected chi connectivity index (χ3v) is 5.68. The second kappa shape index (κ2) is 6.34. The monoisotopic (exact) mass is 309 g/mol. The first-order chi connectivity index (χ1) is 10.1. The minimum absolute atomic E-state index is 0.132. The smallest absolute Gasteiger partial charge is 0.242 e. The highest BCUT2D eigenvalue weighted by atomic mass is 32.2. The molecule has 1 aromatic rings. The maximum atomic E-state index is 12.4. The van der Waals surface area contributed by atoms with Gasteiger partial charge in [0.2, 0.25) is 10.0 Å². The molecule has 0 aromatic heterocycles. The lowest BCUT2D eigenvalue weighted by molar-refractivity contribution is 0.549. The number of nitrogens with one attached hydrogen (secondary N) is 3. The molecule has 6 heteroatoms. The molecule has 1 saturated carbocycles. The predicted molar refractivity (Wildman–Crippen MR) is 83.9 cm³/mol. The molecule has 1 aliphatic carbocycles. The number of benzene rings is 1. The molecule has 1 aliphatic heterocycles. The lowest BCUT2D eigenvalue weighted by Gasteiger charge is -2.14. The number of rotatable bonds is 7. The van der Waals surface area contributed by atoms with E-state index in [-0.39, 0.29) is 6.04 Å². The van der Waals surface area contributed by atoms with Gasteiger partial charge in [0.15, 0.2) is 0 Å². The zero-order valence-corrected chi connectivity index (χ0v) is 13.0. The Morgan fingerprint density at radius 2 is 2.00 bits per heavy atom. The van der Waals surface area contributed by atoms with Crippen molar-refractivity contribution < 1.29 is 8.42 Å². The first kappa shape index (κ1) is 14.8. The number of hydrogen-bond donors (Lipinski definition) is 3. The van der Waals surface area contributed by atoms with Gasteiger partial charge in [-0.2, -0.15) is 0 Å². The molecule has 1 unspecified atom stereocenters. The maximum Gasteiger partial charge on any atom is 0.242 e. The second-order valence-corrected chi connectivity index (χ2v) is 7.65. The number of para-hydroxylation sites is 1. The summed E-state index contributed by atoms with van der Waals surface area (Å²) in [5, 5.41) is 6.64. The topological polar surface area (TPSA) is 70.2 Å². The summed E-state index contributed by atoms with van der Waals surface area (Å²) in [5.74, 6) is 0.700. The van der Waals surface area contributed by atoms with E-state index in [4.69, 9.17) is 0 Å². The molecule has 0 radical (unpaired) electrons. The zero-order chi connectivity index (χ0) is 14.7. The standard InChI is InChI=1S/C15H23N3O2S/c19-21(20,18-13-5-6-13)15-4-2-1-3-14(15)17-10-8-12-7-9-16-11-12/h1-4,12-13,16-18H,5-11H2. The summed E-state index contributed by atoms with van der Waals surface area (Å²) >= 11 is 0. The number of hydrogen-bond acceptors (Lipinski definition) is 4. The predicted octanol–water partition coefficient (Wildman–Crippen LogP) is 1.54. The Bertz CT molecular complexity index is 578. The van der Waals surface area contributed by atoms with Crippen LogP contribution in [0.15, 0.2) is 29.2 Å². The average Bonchev–Trinajstić information content (AvgIpc) is 3.11. The van der Waals surface area contributed by atoms with E-state index in [1.165, 1.54) is 6.42 Å². The van der Waals surface area contributed by atoms with Crippen molar-refractivity contribution in [1.82, 2.24) is 10.0 Å². The Labute approximate surface area is 126 Å². The largest absolute Gasteiger partial charge is 0.384 e. The molecular weight excluding hydrogens is 286 g/mol. The van der Waals surface area contributed by atoms with Gasteiger partial charge in [0.25, 0.3) is 0 Å². The van der Waals surface area contributed by atoms with Crippen molar-refractivity contribution in [3.05, 3.63) is 24.3 Å². The first-order valence-corrected chi connectivity index (χ1v) is 9.19. The van der Waals surface area contributed by atoms with Crippen molar-refractivity contribution in [1.29, 1.82) is 0 Å². The minimum atomic E-state index is -3.40. The SMILES string of the molecule is O=S(=O)(NC1CC1)c1ccccc1NCCC1CCNC1. The average molecular weight is 309 g/mol. The van der Waals surface area contributed by atoms with Crippen molar-refractivity contribution in [3.63, 3.8) is 0 Å². The van der Waals surface area contributed by atoms with Crippen molar-refractivity contribution in [2.24, 2.45) is 5.92 Å². The molecule has 21 heavy (non-hydrogen) atoms. The third-order valence-electron chi connectivity index (χ3n) is 4.11. The van der Waals surface area contributed by atoms with E-state index in [2.05, 4.69) is 15.4 Å². The van der Waals surface area contributed by atoms with Gasteiger partial charge < -0.3 is 10.6 Å². The molecule has 2 fully saturated rings. The minimum Gasteiger partial charge on any atom is -0.384 e. The maximum absolute atomic E-state index is 12.4. The Morgan fingerprint density at radius 1 is 1.19 bits per heavy atom. The van der Waals surface area contributed by atoms with E-state index in [1.807, 2.05) is 12.1 Å². The van der Waals surface area contributed by atoms with Gasteiger partial charge in [-0.1, -0.05) is 12.1 Å². The van der Waals surface area contributed by atoms with Crippen molar-refractivity contribution in [3.8, 4) is 0 Å². The molecule has 116 valence electrons. The number of anilines is 1. The van der Waals surface area contributed by atoms with Crippen LogP contribution < -0.4 is 15.4 Å². The summed E-state index contributed by atoms with van der Waals surface area (Å²) < 4.78 is 27.5. The van der Waals surface area contributed by atoms with Crippen LogP contribution in [0.2, 0.25) is 0 Å². The van der Waals surface area contributed by atoms with E-state index >= 15 is 0 Å². The normalized spacial score (nSPS) is 22.4. The highest BCUT2D eigenvalue weighted by molar-refractivity contribution is 7.89. The van der Waals surface area contributed by atoms with E-state index in [9.17, 15) is 8.42 Å². The Hall–Kier alpha value is -1.11. The van der Waals surface area contributed by atoms with Crippen LogP contribution in [0.4, 0.5) is 5.69 Å². The fourth-order valence-electron chi connectivity index (χ4n) is 2.70. The van der Waals surface area contributed by atoms with Crippen molar-refractivity contribution in [2.45, 2.75) is 36.6 Å². The molecular formula is C15H23N3O2S. The summed E-state index contributed by atoms with van der Waals surface area (Å²) in [6.07, 6.45) is 4.18. The molecule has 0 spiro atoms. The summed E-state index contributed by atoms with van der Waals surface area (Å²) in [4.78, 5) is 0.362. The van der Waals surface area contributed by atoms with Gasteiger partial charge in [-0.05, 0) is 56.8 Å². The first-order valence-electron chi connectivity index (χ1n) is 7.71. The Morgan fingerprint density at radius 3 is 2.71 bits per heavy atom. The van der Waals surface area contributed by atoms with E-state index in [0.29, 0.717) is 16.5 Å². The Balaban J connectivity index is 1.64. The quantitative estimate of drug-likeness (QED) is 0.714.